The minimum atomic E-state index is -4.57. The normalized spacial score (nSPS) is 11.7. The number of halogens is 3. The Morgan fingerprint density at radius 2 is 1.94 bits per heavy atom. The van der Waals surface area contributed by atoms with Crippen molar-refractivity contribution < 1.29 is 22.8 Å². The molecule has 4 rings (SSSR count). The molecule has 4 aromatic rings. The summed E-state index contributed by atoms with van der Waals surface area (Å²) in [4.78, 5) is 62.9. The number of imidazole rings is 1. The summed E-state index contributed by atoms with van der Waals surface area (Å²) in [6.45, 7) is 1.66. The Labute approximate surface area is 197 Å². The zero-order chi connectivity index (χ0) is 25.5. The highest BCUT2D eigenvalue weighted by Gasteiger charge is 2.33. The van der Waals surface area contributed by atoms with Crippen LogP contribution in [0.15, 0.2) is 33.6 Å². The van der Waals surface area contributed by atoms with E-state index in [1.165, 1.54) is 36.3 Å². The summed E-state index contributed by atoms with van der Waals surface area (Å²) in [5.74, 6) is -0.926. The molecule has 0 atom stereocenters. The first-order valence-corrected chi connectivity index (χ1v) is 10.8. The van der Waals surface area contributed by atoms with Crippen LogP contribution < -0.4 is 16.6 Å². The third-order valence-corrected chi connectivity index (χ3v) is 5.75. The van der Waals surface area contributed by atoms with Crippen molar-refractivity contribution in [1.29, 1.82) is 0 Å². The molecule has 0 saturated heterocycles. The van der Waals surface area contributed by atoms with E-state index in [2.05, 4.69) is 25.3 Å². The van der Waals surface area contributed by atoms with Crippen LogP contribution in [0.2, 0.25) is 0 Å². The molecule has 15 heteroatoms. The van der Waals surface area contributed by atoms with Crippen LogP contribution in [0.5, 0.6) is 0 Å². The highest BCUT2D eigenvalue weighted by Crippen LogP contribution is 2.34. The molecule has 0 aromatic carbocycles. The number of H-pyrrole nitrogens is 1. The number of Topliss-reactive ketones (excluding diaryl/α,β-unsaturated/α-hetero) is 1. The van der Waals surface area contributed by atoms with Gasteiger partial charge < -0.3 is 9.88 Å². The number of carbonyl (C=O) groups excluding carboxylic acids is 2. The number of alkyl halides is 3. The number of aryl methyl sites for hydroxylation is 1. The van der Waals surface area contributed by atoms with Crippen LogP contribution in [-0.2, 0) is 28.9 Å². The van der Waals surface area contributed by atoms with Crippen molar-refractivity contribution in [3.8, 4) is 10.6 Å². The molecule has 0 unspecified atom stereocenters. The van der Waals surface area contributed by atoms with Crippen LogP contribution in [0.4, 0.5) is 19.0 Å². The standard InChI is InChI=1S/C20H16F3N7O4S/c1-9(31)5-30-18(33)15-16(28-19(30)34)25-8-29(15)6-14(32)26-13-7-35-17(27-13)11-3-12(20(21,22)23)10(2)24-4-11/h3-4,7-8H,5-6H2,1-2H3,(H,26,32)(H,28,34). The fourth-order valence-corrected chi connectivity index (χ4v) is 4.04. The minimum absolute atomic E-state index is 0.0455. The van der Waals surface area contributed by atoms with Gasteiger partial charge >= 0.3 is 11.9 Å². The number of carbonyl (C=O) groups is 2. The highest BCUT2D eigenvalue weighted by atomic mass is 32.1. The second-order valence-corrected chi connectivity index (χ2v) is 8.39. The van der Waals surface area contributed by atoms with Gasteiger partial charge in [0.1, 0.15) is 23.2 Å². The highest BCUT2D eigenvalue weighted by molar-refractivity contribution is 7.13. The first-order valence-electron chi connectivity index (χ1n) is 9.91. The van der Waals surface area contributed by atoms with Crippen LogP contribution in [0.3, 0.4) is 0 Å². The zero-order valence-corrected chi connectivity index (χ0v) is 19.0. The molecule has 35 heavy (non-hydrogen) atoms. The molecule has 182 valence electrons. The van der Waals surface area contributed by atoms with Crippen molar-refractivity contribution in [3.05, 3.63) is 56.1 Å². The number of aromatic amines is 1. The lowest BCUT2D eigenvalue weighted by molar-refractivity contribution is -0.138. The topological polar surface area (TPSA) is 145 Å². The monoisotopic (exact) mass is 507 g/mol. The number of anilines is 1. The number of thiazole rings is 1. The quantitative estimate of drug-likeness (QED) is 0.406. The minimum Gasteiger partial charge on any atom is -0.315 e. The molecule has 0 aliphatic heterocycles. The average molecular weight is 507 g/mol. The molecule has 0 bridgehead atoms. The van der Waals surface area contributed by atoms with E-state index in [0.29, 0.717) is 4.57 Å². The summed E-state index contributed by atoms with van der Waals surface area (Å²) >= 11 is 1.01. The largest absolute Gasteiger partial charge is 0.418 e. The summed E-state index contributed by atoms with van der Waals surface area (Å²) in [6, 6.07) is 0.942. The SMILES string of the molecule is CC(=O)Cn1c(=O)[nH]c2ncn(CC(=O)Nc3csc(-c4cnc(C)c(C(F)(F)F)c4)n3)c2c1=O. The lowest BCUT2D eigenvalue weighted by Crippen LogP contribution is -2.37. The smallest absolute Gasteiger partial charge is 0.315 e. The van der Waals surface area contributed by atoms with Gasteiger partial charge in [-0.3, -0.25) is 28.9 Å². The summed E-state index contributed by atoms with van der Waals surface area (Å²) in [7, 11) is 0. The molecule has 0 aliphatic rings. The molecule has 4 aromatic heterocycles. The van der Waals surface area contributed by atoms with Gasteiger partial charge in [0, 0.05) is 22.8 Å². The van der Waals surface area contributed by atoms with E-state index >= 15 is 0 Å². The van der Waals surface area contributed by atoms with Crippen molar-refractivity contribution >= 4 is 40.0 Å². The Morgan fingerprint density at radius 3 is 2.63 bits per heavy atom. The van der Waals surface area contributed by atoms with Gasteiger partial charge in [-0.05, 0) is 19.9 Å². The molecule has 11 nitrogen and oxygen atoms in total. The molecule has 0 aliphatic carbocycles. The van der Waals surface area contributed by atoms with E-state index in [9.17, 15) is 32.3 Å². The maximum atomic E-state index is 13.2. The zero-order valence-electron chi connectivity index (χ0n) is 18.1. The van der Waals surface area contributed by atoms with Crippen molar-refractivity contribution in [1.82, 2.24) is 29.1 Å². The van der Waals surface area contributed by atoms with Crippen molar-refractivity contribution in [2.24, 2.45) is 0 Å². The fraction of sp³-hybridized carbons (Fsp3) is 0.250. The third kappa shape index (κ3) is 4.89. The molecule has 0 saturated carbocycles. The Balaban J connectivity index is 1.55. The fourth-order valence-electron chi connectivity index (χ4n) is 3.31. The molecule has 1 amide bonds. The van der Waals surface area contributed by atoms with Crippen LogP contribution in [0.1, 0.15) is 18.2 Å². The lowest BCUT2D eigenvalue weighted by Gasteiger charge is -2.10. The van der Waals surface area contributed by atoms with Gasteiger partial charge in [-0.1, -0.05) is 0 Å². The predicted molar refractivity (Wildman–Crippen MR) is 119 cm³/mol. The van der Waals surface area contributed by atoms with Crippen LogP contribution in [-0.4, -0.2) is 40.8 Å². The Bertz CT molecular complexity index is 1580. The number of hydrogen-bond acceptors (Lipinski definition) is 8. The number of rotatable bonds is 6. The van der Waals surface area contributed by atoms with Crippen LogP contribution in [0.25, 0.3) is 21.7 Å². The summed E-state index contributed by atoms with van der Waals surface area (Å²) in [5, 5.41) is 4.17. The second kappa shape index (κ2) is 8.90. The summed E-state index contributed by atoms with van der Waals surface area (Å²) < 4.78 is 41.4. The van der Waals surface area contributed by atoms with E-state index in [0.717, 1.165) is 17.4 Å². The van der Waals surface area contributed by atoms with E-state index in [-0.39, 0.29) is 39.8 Å². The van der Waals surface area contributed by atoms with Gasteiger partial charge in [0.25, 0.3) is 5.56 Å². The Kier molecular flexibility index (Phi) is 6.10. The number of nitrogens with zero attached hydrogens (tertiary/aromatic N) is 5. The maximum Gasteiger partial charge on any atom is 0.418 e. The molecule has 0 spiro atoms. The van der Waals surface area contributed by atoms with Gasteiger partial charge in [-0.2, -0.15) is 13.2 Å². The molecule has 0 radical (unpaired) electrons. The van der Waals surface area contributed by atoms with Crippen molar-refractivity contribution in [3.63, 3.8) is 0 Å². The molecular weight excluding hydrogens is 491 g/mol. The third-order valence-electron chi connectivity index (χ3n) is 4.86. The molecule has 4 heterocycles. The van der Waals surface area contributed by atoms with Crippen LogP contribution >= 0.6 is 11.3 Å². The maximum absolute atomic E-state index is 13.2. The van der Waals surface area contributed by atoms with Crippen molar-refractivity contribution in [2.75, 3.05) is 5.32 Å². The predicted octanol–water partition coefficient (Wildman–Crippen LogP) is 1.96. The molecule has 0 fully saturated rings. The summed E-state index contributed by atoms with van der Waals surface area (Å²) in [6.07, 6.45) is -2.12. The van der Waals surface area contributed by atoms with E-state index in [4.69, 9.17) is 0 Å². The molecule has 2 N–H and O–H groups in total. The van der Waals surface area contributed by atoms with E-state index in [1.807, 2.05) is 0 Å². The Hall–Kier alpha value is -4.14. The van der Waals surface area contributed by atoms with Crippen LogP contribution in [0, 0.1) is 6.92 Å². The van der Waals surface area contributed by atoms with Crippen molar-refractivity contribution in [2.45, 2.75) is 33.1 Å². The number of nitrogens with one attached hydrogen (secondary N) is 2. The van der Waals surface area contributed by atoms with Gasteiger partial charge in [0.05, 0.1) is 18.4 Å². The second-order valence-electron chi connectivity index (χ2n) is 7.53. The first-order chi connectivity index (χ1) is 16.4. The lowest BCUT2D eigenvalue weighted by atomic mass is 10.1. The number of fused-ring (bicyclic) bond motifs is 1. The number of amides is 1. The number of ketones is 1. The van der Waals surface area contributed by atoms with Gasteiger partial charge in [0.15, 0.2) is 11.2 Å². The van der Waals surface area contributed by atoms with Gasteiger partial charge in [-0.25, -0.2) is 14.8 Å². The Morgan fingerprint density at radius 1 is 1.20 bits per heavy atom. The molecular formula is C20H16F3N7O4S. The summed E-state index contributed by atoms with van der Waals surface area (Å²) in [5.41, 5.74) is -2.61. The average Bonchev–Trinajstić information content (AvgIpc) is 3.37. The van der Waals surface area contributed by atoms with Gasteiger partial charge in [0.2, 0.25) is 5.91 Å². The van der Waals surface area contributed by atoms with E-state index in [1.54, 1.807) is 0 Å². The number of pyridine rings is 1. The first kappa shape index (κ1) is 24.0. The van der Waals surface area contributed by atoms with E-state index < -0.39 is 41.2 Å². The number of hydrogen-bond donors (Lipinski definition) is 2. The van der Waals surface area contributed by atoms with Gasteiger partial charge in [-0.15, -0.1) is 11.3 Å². The number of aromatic nitrogens is 6.